The molecule has 0 radical (unpaired) electrons. The maximum Gasteiger partial charge on any atom is 0.259 e. The molecule has 2 aliphatic rings. The van der Waals surface area contributed by atoms with Gasteiger partial charge in [0.15, 0.2) is 6.10 Å². The lowest BCUT2D eigenvalue weighted by Crippen LogP contribution is -2.62. The second-order valence-electron chi connectivity index (χ2n) is 9.99. The Morgan fingerprint density at radius 2 is 1.68 bits per heavy atom. The van der Waals surface area contributed by atoms with Gasteiger partial charge in [0.25, 0.3) is 5.91 Å². The van der Waals surface area contributed by atoms with Crippen LogP contribution in [0.25, 0.3) is 11.3 Å². The van der Waals surface area contributed by atoms with Crippen molar-refractivity contribution in [2.24, 2.45) is 0 Å². The van der Waals surface area contributed by atoms with Gasteiger partial charge in [0.1, 0.15) is 46.7 Å². The number of ether oxygens (including phenoxy) is 1. The summed E-state index contributed by atoms with van der Waals surface area (Å²) in [5, 5.41) is 50.6. The van der Waals surface area contributed by atoms with Crippen LogP contribution in [0.5, 0.6) is 0 Å². The zero-order chi connectivity index (χ0) is 29.6. The Balaban J connectivity index is 1.51. The summed E-state index contributed by atoms with van der Waals surface area (Å²) in [5.41, 5.74) is 0.225. The van der Waals surface area contributed by atoms with E-state index >= 15 is 0 Å². The summed E-state index contributed by atoms with van der Waals surface area (Å²) in [6.07, 6.45) is -4.46. The third-order valence-electron chi connectivity index (χ3n) is 7.37. The Labute approximate surface area is 247 Å². The Bertz CT molecular complexity index is 1400. The average Bonchev–Trinajstić information content (AvgIpc) is 3.56. The summed E-state index contributed by atoms with van der Waals surface area (Å²) in [6.45, 7) is -0.724. The van der Waals surface area contributed by atoms with Crippen LogP contribution in [0, 0.1) is 11.6 Å². The smallest absolute Gasteiger partial charge is 0.259 e. The first-order chi connectivity index (χ1) is 19.5. The minimum absolute atomic E-state index is 0.0157. The van der Waals surface area contributed by atoms with Crippen molar-refractivity contribution >= 4 is 46.4 Å². The van der Waals surface area contributed by atoms with Gasteiger partial charge in [-0.3, -0.25) is 4.79 Å². The Kier molecular flexibility index (Phi) is 8.84. The van der Waals surface area contributed by atoms with Crippen molar-refractivity contribution in [1.82, 2.24) is 15.0 Å². The number of halogens is 5. The zero-order valence-corrected chi connectivity index (χ0v) is 23.4. The SMILES string of the molecule is O=C([C@@H]1O[C@H](CO)[C@H](O)[C@H](n2cc(-c3cc(F)c(Cl)c(F)c3)nn2)[C@H]1O)N(c1cc(Cl)cc(Cl)c1)[C@H]1CCC[C@@H]1O. The standard InChI is InChI=1S/C26H25Cl3F2N4O6/c27-12-6-13(28)8-14(7-12)35(18-2-1-3-19(18)37)26(40)25-24(39)22(23(38)20(10-36)41-25)34-9-17(32-33-34)11-4-15(30)21(29)16(31)5-11/h4-9,18-20,22-25,36-39H,1-3,10H2/t18-,19-,20+,22-,23-,24+,25+/m0/s1. The number of hydrogen-bond donors (Lipinski definition) is 4. The fraction of sp³-hybridized carbons (Fsp3) is 0.423. The highest BCUT2D eigenvalue weighted by molar-refractivity contribution is 6.35. The molecule has 1 saturated heterocycles. The summed E-state index contributed by atoms with van der Waals surface area (Å²) >= 11 is 18.0. The van der Waals surface area contributed by atoms with Crippen molar-refractivity contribution in [2.75, 3.05) is 11.5 Å². The monoisotopic (exact) mass is 632 g/mol. The van der Waals surface area contributed by atoms with Crippen LogP contribution in [0.3, 0.4) is 0 Å². The van der Waals surface area contributed by atoms with Crippen molar-refractivity contribution < 1.29 is 38.7 Å². The third kappa shape index (κ3) is 5.80. The minimum atomic E-state index is -1.75. The Morgan fingerprint density at radius 3 is 2.27 bits per heavy atom. The molecule has 10 nitrogen and oxygen atoms in total. The lowest BCUT2D eigenvalue weighted by molar-refractivity contribution is -0.205. The molecule has 41 heavy (non-hydrogen) atoms. The summed E-state index contributed by atoms with van der Waals surface area (Å²) in [5.74, 6) is -2.83. The number of carbonyl (C=O) groups excluding carboxylic acids is 1. The fourth-order valence-corrected chi connectivity index (χ4v) is 6.02. The molecule has 0 unspecified atom stereocenters. The number of hydrogen-bond acceptors (Lipinski definition) is 8. The number of aromatic nitrogens is 3. The first kappa shape index (κ1) is 30.1. The molecule has 0 bridgehead atoms. The summed E-state index contributed by atoms with van der Waals surface area (Å²) in [7, 11) is 0. The minimum Gasteiger partial charge on any atom is -0.394 e. The average molecular weight is 634 g/mol. The highest BCUT2D eigenvalue weighted by Crippen LogP contribution is 2.37. The van der Waals surface area contributed by atoms with Gasteiger partial charge < -0.3 is 30.1 Å². The van der Waals surface area contributed by atoms with E-state index < -0.39 is 71.8 Å². The molecule has 1 aromatic heterocycles. The fourth-order valence-electron chi connectivity index (χ4n) is 5.40. The van der Waals surface area contributed by atoms with Crippen molar-refractivity contribution in [1.29, 1.82) is 0 Å². The number of aliphatic hydroxyl groups excluding tert-OH is 4. The molecular weight excluding hydrogens is 609 g/mol. The van der Waals surface area contributed by atoms with Crippen LogP contribution in [0.2, 0.25) is 15.1 Å². The van der Waals surface area contributed by atoms with Crippen LogP contribution in [0.1, 0.15) is 25.3 Å². The van der Waals surface area contributed by atoms with Gasteiger partial charge >= 0.3 is 0 Å². The number of aliphatic hydroxyl groups is 4. The lowest BCUT2D eigenvalue weighted by Gasteiger charge is -2.43. The van der Waals surface area contributed by atoms with Gasteiger partial charge in [-0.05, 0) is 49.6 Å². The van der Waals surface area contributed by atoms with Gasteiger partial charge in [-0.2, -0.15) is 0 Å². The number of amides is 1. The van der Waals surface area contributed by atoms with E-state index in [0.29, 0.717) is 19.3 Å². The molecule has 2 heterocycles. The first-order valence-corrected chi connectivity index (χ1v) is 13.8. The van der Waals surface area contributed by atoms with E-state index in [4.69, 9.17) is 39.5 Å². The van der Waals surface area contributed by atoms with Gasteiger partial charge in [-0.25, -0.2) is 13.5 Å². The summed E-state index contributed by atoms with van der Waals surface area (Å²) < 4.78 is 34.8. The molecule has 4 N–H and O–H groups in total. The lowest BCUT2D eigenvalue weighted by atomic mass is 9.91. The molecule has 7 atom stereocenters. The highest BCUT2D eigenvalue weighted by Gasteiger charge is 2.51. The van der Waals surface area contributed by atoms with Crippen molar-refractivity contribution in [3.05, 3.63) is 63.2 Å². The largest absolute Gasteiger partial charge is 0.394 e. The van der Waals surface area contributed by atoms with Crippen molar-refractivity contribution in [2.45, 2.75) is 61.9 Å². The van der Waals surface area contributed by atoms with E-state index in [2.05, 4.69) is 10.3 Å². The molecule has 3 aromatic rings. The molecule has 1 amide bonds. The van der Waals surface area contributed by atoms with Crippen LogP contribution < -0.4 is 4.90 Å². The van der Waals surface area contributed by atoms with Crippen molar-refractivity contribution in [3.8, 4) is 11.3 Å². The van der Waals surface area contributed by atoms with Gasteiger partial charge in [-0.1, -0.05) is 40.0 Å². The number of anilines is 1. The number of nitrogens with zero attached hydrogens (tertiary/aromatic N) is 4. The predicted octanol–water partition coefficient (Wildman–Crippen LogP) is 3.15. The molecule has 0 spiro atoms. The first-order valence-electron chi connectivity index (χ1n) is 12.7. The van der Waals surface area contributed by atoms with E-state index in [1.165, 1.54) is 29.3 Å². The second-order valence-corrected chi connectivity index (χ2v) is 11.2. The molecular formula is C26H25Cl3F2N4O6. The predicted molar refractivity (Wildman–Crippen MR) is 145 cm³/mol. The quantitative estimate of drug-likeness (QED) is 0.304. The molecule has 5 rings (SSSR count). The van der Waals surface area contributed by atoms with Crippen LogP contribution in [0.4, 0.5) is 14.5 Å². The Morgan fingerprint density at radius 1 is 1.02 bits per heavy atom. The molecule has 1 aliphatic heterocycles. The number of rotatable bonds is 6. The van der Waals surface area contributed by atoms with Gasteiger partial charge in [-0.15, -0.1) is 5.10 Å². The van der Waals surface area contributed by atoms with E-state index in [-0.39, 0.29) is 27.0 Å². The van der Waals surface area contributed by atoms with Gasteiger partial charge in [0, 0.05) is 21.3 Å². The van der Waals surface area contributed by atoms with E-state index in [0.717, 1.165) is 16.8 Å². The van der Waals surface area contributed by atoms with Gasteiger partial charge in [0.2, 0.25) is 0 Å². The van der Waals surface area contributed by atoms with E-state index in [1.807, 2.05) is 0 Å². The Hall–Kier alpha value is -2.42. The topological polar surface area (TPSA) is 141 Å². The molecule has 15 heteroatoms. The van der Waals surface area contributed by atoms with Crippen molar-refractivity contribution in [3.63, 3.8) is 0 Å². The normalized spacial score (nSPS) is 28.2. The van der Waals surface area contributed by atoms with Gasteiger partial charge in [0.05, 0.1) is 24.9 Å². The number of carbonyl (C=O) groups is 1. The maximum atomic E-state index is 14.1. The van der Waals surface area contributed by atoms with Crippen LogP contribution in [-0.2, 0) is 9.53 Å². The third-order valence-corrected chi connectivity index (χ3v) is 8.17. The molecule has 2 fully saturated rings. The van der Waals surface area contributed by atoms with Crippen LogP contribution >= 0.6 is 34.8 Å². The van der Waals surface area contributed by atoms with Crippen LogP contribution in [-0.4, -0.2) is 84.5 Å². The van der Waals surface area contributed by atoms with Crippen LogP contribution in [0.15, 0.2) is 36.5 Å². The van der Waals surface area contributed by atoms with E-state index in [9.17, 15) is 34.0 Å². The highest BCUT2D eigenvalue weighted by atomic mass is 35.5. The summed E-state index contributed by atoms with van der Waals surface area (Å²) in [4.78, 5) is 15.3. The number of benzene rings is 2. The zero-order valence-electron chi connectivity index (χ0n) is 21.1. The second kappa shape index (κ2) is 12.1. The summed E-state index contributed by atoms with van der Waals surface area (Å²) in [6, 6.07) is 4.25. The molecule has 220 valence electrons. The molecule has 2 aromatic carbocycles. The molecule has 1 saturated carbocycles. The van der Waals surface area contributed by atoms with E-state index in [1.54, 1.807) is 0 Å². The maximum absolute atomic E-state index is 14.1. The molecule has 1 aliphatic carbocycles.